The predicted octanol–water partition coefficient (Wildman–Crippen LogP) is 2.69. The van der Waals surface area contributed by atoms with Crippen molar-refractivity contribution >= 4 is 16.6 Å². The molecule has 2 heteroatoms. The summed E-state index contributed by atoms with van der Waals surface area (Å²) in [5.41, 5.74) is 9.94. The molecule has 0 amide bonds. The van der Waals surface area contributed by atoms with Gasteiger partial charge in [-0.15, -0.1) is 0 Å². The van der Waals surface area contributed by atoms with E-state index in [2.05, 4.69) is 24.0 Å². The number of aromatic nitrogens is 1. The fraction of sp³-hybridized carbons (Fsp3) is 0.250. The molecular formula is C12H14N2. The van der Waals surface area contributed by atoms with E-state index in [0.29, 0.717) is 0 Å². The summed E-state index contributed by atoms with van der Waals surface area (Å²) in [6, 6.07) is 8.08. The quantitative estimate of drug-likeness (QED) is 0.695. The number of anilines is 1. The van der Waals surface area contributed by atoms with Gasteiger partial charge in [-0.05, 0) is 31.0 Å². The van der Waals surface area contributed by atoms with Crippen LogP contribution in [0.1, 0.15) is 18.2 Å². The lowest BCUT2D eigenvalue weighted by molar-refractivity contribution is 1.12. The van der Waals surface area contributed by atoms with Gasteiger partial charge in [-0.3, -0.25) is 4.98 Å². The van der Waals surface area contributed by atoms with Crippen molar-refractivity contribution in [2.45, 2.75) is 20.3 Å². The summed E-state index contributed by atoms with van der Waals surface area (Å²) in [6.45, 7) is 4.16. The summed E-state index contributed by atoms with van der Waals surface area (Å²) < 4.78 is 0. The van der Waals surface area contributed by atoms with E-state index in [0.717, 1.165) is 23.3 Å². The monoisotopic (exact) mass is 186 g/mol. The molecule has 2 rings (SSSR count). The van der Waals surface area contributed by atoms with E-state index in [-0.39, 0.29) is 0 Å². The summed E-state index contributed by atoms with van der Waals surface area (Å²) in [5.74, 6) is 0. The molecule has 1 aromatic carbocycles. The van der Waals surface area contributed by atoms with E-state index in [1.807, 2.05) is 19.1 Å². The molecule has 0 saturated heterocycles. The van der Waals surface area contributed by atoms with Crippen molar-refractivity contribution in [1.29, 1.82) is 0 Å². The predicted molar refractivity (Wildman–Crippen MR) is 60.3 cm³/mol. The Kier molecular flexibility index (Phi) is 2.12. The van der Waals surface area contributed by atoms with Crippen LogP contribution in [0.3, 0.4) is 0 Å². The van der Waals surface area contributed by atoms with Gasteiger partial charge in [0.25, 0.3) is 0 Å². The second-order valence-electron chi connectivity index (χ2n) is 3.52. The molecule has 0 aliphatic carbocycles. The molecule has 2 nitrogen and oxygen atoms in total. The number of pyridine rings is 1. The van der Waals surface area contributed by atoms with Crippen LogP contribution in [0, 0.1) is 6.92 Å². The molecule has 2 aromatic rings. The number of nitrogens with two attached hydrogens (primary N) is 1. The summed E-state index contributed by atoms with van der Waals surface area (Å²) in [4.78, 5) is 4.46. The second kappa shape index (κ2) is 3.29. The van der Waals surface area contributed by atoms with Gasteiger partial charge >= 0.3 is 0 Å². The lowest BCUT2D eigenvalue weighted by Crippen LogP contribution is -1.94. The summed E-state index contributed by atoms with van der Waals surface area (Å²) in [7, 11) is 0. The molecule has 14 heavy (non-hydrogen) atoms. The minimum atomic E-state index is 0.765. The summed E-state index contributed by atoms with van der Waals surface area (Å²) in [6.07, 6.45) is 1.02. The third kappa shape index (κ3) is 1.33. The molecule has 1 heterocycles. The van der Waals surface area contributed by atoms with Gasteiger partial charge in [-0.2, -0.15) is 0 Å². The Morgan fingerprint density at radius 3 is 2.86 bits per heavy atom. The van der Waals surface area contributed by atoms with Crippen molar-refractivity contribution in [2.75, 3.05) is 5.73 Å². The zero-order valence-corrected chi connectivity index (χ0v) is 8.54. The number of rotatable bonds is 1. The maximum Gasteiger partial charge on any atom is 0.0937 e. The Morgan fingerprint density at radius 2 is 2.14 bits per heavy atom. The van der Waals surface area contributed by atoms with Crippen LogP contribution in [-0.4, -0.2) is 4.98 Å². The molecule has 72 valence electrons. The zero-order valence-electron chi connectivity index (χ0n) is 8.54. The first-order chi connectivity index (χ1) is 6.72. The topological polar surface area (TPSA) is 38.9 Å². The average molecular weight is 186 g/mol. The third-order valence-electron chi connectivity index (χ3n) is 2.47. The van der Waals surface area contributed by atoms with Gasteiger partial charge in [0, 0.05) is 11.1 Å². The highest BCUT2D eigenvalue weighted by atomic mass is 14.7. The molecule has 0 aliphatic heterocycles. The first-order valence-electron chi connectivity index (χ1n) is 4.87. The lowest BCUT2D eigenvalue weighted by atomic mass is 10.0. The van der Waals surface area contributed by atoms with Gasteiger partial charge in [-0.1, -0.05) is 19.1 Å². The van der Waals surface area contributed by atoms with Crippen LogP contribution >= 0.6 is 0 Å². The number of para-hydroxylation sites is 1. The molecular weight excluding hydrogens is 172 g/mol. The number of nitrogens with zero attached hydrogens (tertiary/aromatic N) is 1. The lowest BCUT2D eigenvalue weighted by Gasteiger charge is -2.07. The summed E-state index contributed by atoms with van der Waals surface area (Å²) in [5, 5.41) is 1.18. The van der Waals surface area contributed by atoms with Crippen LogP contribution < -0.4 is 5.73 Å². The third-order valence-corrected chi connectivity index (χ3v) is 2.47. The van der Waals surface area contributed by atoms with E-state index < -0.39 is 0 Å². The van der Waals surface area contributed by atoms with Gasteiger partial charge in [-0.25, -0.2) is 0 Å². The molecule has 0 radical (unpaired) electrons. The number of nitrogen functional groups attached to an aromatic ring is 1. The maximum absolute atomic E-state index is 5.89. The van der Waals surface area contributed by atoms with E-state index in [1.165, 1.54) is 10.9 Å². The van der Waals surface area contributed by atoms with Gasteiger partial charge in [0.1, 0.15) is 0 Å². The second-order valence-corrected chi connectivity index (χ2v) is 3.52. The van der Waals surface area contributed by atoms with Crippen LogP contribution in [0.25, 0.3) is 10.9 Å². The number of fused-ring (bicyclic) bond motifs is 1. The van der Waals surface area contributed by atoms with Crippen LogP contribution in [-0.2, 0) is 6.42 Å². The number of benzene rings is 1. The highest BCUT2D eigenvalue weighted by molar-refractivity contribution is 5.91. The molecule has 2 N–H and O–H groups in total. The van der Waals surface area contributed by atoms with Crippen LogP contribution in [0.4, 0.5) is 5.69 Å². The maximum atomic E-state index is 5.89. The van der Waals surface area contributed by atoms with E-state index >= 15 is 0 Å². The highest BCUT2D eigenvalue weighted by Crippen LogP contribution is 2.23. The van der Waals surface area contributed by atoms with Gasteiger partial charge < -0.3 is 5.73 Å². The smallest absolute Gasteiger partial charge is 0.0937 e. The molecule has 0 atom stereocenters. The van der Waals surface area contributed by atoms with Crippen molar-refractivity contribution in [2.24, 2.45) is 0 Å². The van der Waals surface area contributed by atoms with E-state index in [1.54, 1.807) is 0 Å². The minimum Gasteiger partial charge on any atom is -0.397 e. The number of hydrogen-bond donors (Lipinski definition) is 1. The average Bonchev–Trinajstić information content (AvgIpc) is 2.18. The zero-order chi connectivity index (χ0) is 10.1. The Morgan fingerprint density at radius 1 is 1.36 bits per heavy atom. The minimum absolute atomic E-state index is 0.765. The molecule has 0 unspecified atom stereocenters. The van der Waals surface area contributed by atoms with Crippen molar-refractivity contribution < 1.29 is 0 Å². The Labute approximate surface area is 83.8 Å². The van der Waals surface area contributed by atoms with Crippen molar-refractivity contribution in [1.82, 2.24) is 4.98 Å². The largest absolute Gasteiger partial charge is 0.397 e. The first-order valence-corrected chi connectivity index (χ1v) is 4.87. The molecule has 0 bridgehead atoms. The Hall–Kier alpha value is -1.57. The van der Waals surface area contributed by atoms with Crippen molar-refractivity contribution in [3.63, 3.8) is 0 Å². The van der Waals surface area contributed by atoms with Gasteiger partial charge in [0.15, 0.2) is 0 Å². The standard InChI is InChI=1S/C12H14N2/c1-3-9-7-8(2)14-12-10(9)5-4-6-11(12)13/h4-7H,3,13H2,1-2H3. The van der Waals surface area contributed by atoms with Crippen molar-refractivity contribution in [3.8, 4) is 0 Å². The SMILES string of the molecule is CCc1cc(C)nc2c(N)cccc12. The van der Waals surface area contributed by atoms with E-state index in [4.69, 9.17) is 5.73 Å². The molecule has 0 aliphatic rings. The van der Waals surface area contributed by atoms with Gasteiger partial charge in [0.05, 0.1) is 11.2 Å². The highest BCUT2D eigenvalue weighted by Gasteiger charge is 2.04. The van der Waals surface area contributed by atoms with Crippen LogP contribution in [0.5, 0.6) is 0 Å². The van der Waals surface area contributed by atoms with Crippen LogP contribution in [0.15, 0.2) is 24.3 Å². The fourth-order valence-corrected chi connectivity index (χ4v) is 1.78. The number of aryl methyl sites for hydroxylation is 2. The molecule has 0 spiro atoms. The van der Waals surface area contributed by atoms with E-state index in [9.17, 15) is 0 Å². The Bertz CT molecular complexity index is 475. The molecule has 0 saturated carbocycles. The normalized spacial score (nSPS) is 10.7. The van der Waals surface area contributed by atoms with Gasteiger partial charge in [0.2, 0.25) is 0 Å². The molecule has 0 fully saturated rings. The number of hydrogen-bond acceptors (Lipinski definition) is 2. The Balaban J connectivity index is 2.87. The summed E-state index contributed by atoms with van der Waals surface area (Å²) >= 11 is 0. The molecule has 1 aromatic heterocycles. The van der Waals surface area contributed by atoms with Crippen molar-refractivity contribution in [3.05, 3.63) is 35.5 Å². The fourth-order valence-electron chi connectivity index (χ4n) is 1.78. The van der Waals surface area contributed by atoms with Crippen LogP contribution in [0.2, 0.25) is 0 Å². The first kappa shape index (κ1) is 9.00.